The topological polar surface area (TPSA) is 45.9 Å². The number of alkyl halides is 2. The number of halogens is 3. The van der Waals surface area contributed by atoms with Crippen LogP contribution in [0.1, 0.15) is 17.7 Å². The summed E-state index contributed by atoms with van der Waals surface area (Å²) in [5.74, 6) is 0.00645. The smallest absolute Gasteiger partial charge is 0.267 e. The number of ether oxygens (including phenoxy) is 1. The fourth-order valence-corrected chi connectivity index (χ4v) is 1.79. The van der Waals surface area contributed by atoms with E-state index in [-0.39, 0.29) is 23.4 Å². The van der Waals surface area contributed by atoms with E-state index in [0.29, 0.717) is 3.70 Å². The van der Waals surface area contributed by atoms with Crippen molar-refractivity contribution in [2.75, 3.05) is 7.11 Å². The average Bonchev–Trinajstić information content (AvgIpc) is 2.17. The van der Waals surface area contributed by atoms with Gasteiger partial charge < -0.3 is 4.74 Å². The molecule has 0 spiro atoms. The lowest BCUT2D eigenvalue weighted by molar-refractivity contribution is 0.146. The average molecular weight is 324 g/mol. The maximum Gasteiger partial charge on any atom is 0.267 e. The zero-order valence-corrected chi connectivity index (χ0v) is 9.96. The number of pyridine rings is 1. The summed E-state index contributed by atoms with van der Waals surface area (Å²) >= 11 is 1.83. The first-order valence-electron chi connectivity index (χ1n) is 3.98. The molecule has 1 aromatic rings. The molecule has 0 radical (unpaired) electrons. The maximum absolute atomic E-state index is 12.6. The zero-order valence-electron chi connectivity index (χ0n) is 7.80. The van der Waals surface area contributed by atoms with Gasteiger partial charge in [0.25, 0.3) is 6.43 Å². The third kappa shape index (κ3) is 2.75. The Kier molecular flexibility index (Phi) is 4.20. The molecule has 0 aliphatic carbocycles. The quantitative estimate of drug-likeness (QED) is 0.634. The molecule has 6 heteroatoms. The summed E-state index contributed by atoms with van der Waals surface area (Å²) in [6.07, 6.45) is -2.67. The molecule has 1 heterocycles. The fraction of sp³-hybridized carbons (Fsp3) is 0.333. The largest absolute Gasteiger partial charge is 0.494 e. The molecule has 0 bridgehead atoms. The minimum Gasteiger partial charge on any atom is -0.494 e. The van der Waals surface area contributed by atoms with Crippen molar-refractivity contribution in [2.24, 2.45) is 0 Å². The molecule has 0 fully saturated rings. The van der Waals surface area contributed by atoms with E-state index in [1.165, 1.54) is 13.2 Å². The molecule has 0 unspecified atom stereocenters. The van der Waals surface area contributed by atoms with Gasteiger partial charge in [0.2, 0.25) is 0 Å². The Morgan fingerprint density at radius 1 is 1.67 bits per heavy atom. The van der Waals surface area contributed by atoms with Gasteiger partial charge in [-0.05, 0) is 28.7 Å². The summed E-state index contributed by atoms with van der Waals surface area (Å²) in [4.78, 5) is 3.98. The van der Waals surface area contributed by atoms with E-state index in [9.17, 15) is 8.78 Å². The Labute approximate surface area is 99.2 Å². The monoisotopic (exact) mass is 324 g/mol. The molecule has 80 valence electrons. The molecule has 0 atom stereocenters. The molecule has 0 aliphatic rings. The highest BCUT2D eigenvalue weighted by atomic mass is 127. The molecule has 0 N–H and O–H groups in total. The van der Waals surface area contributed by atoms with Crippen molar-refractivity contribution in [1.82, 2.24) is 4.98 Å². The van der Waals surface area contributed by atoms with E-state index >= 15 is 0 Å². The van der Waals surface area contributed by atoms with Crippen LogP contribution >= 0.6 is 22.6 Å². The Morgan fingerprint density at radius 3 is 2.80 bits per heavy atom. The first kappa shape index (κ1) is 12.1. The van der Waals surface area contributed by atoms with Gasteiger partial charge in [-0.2, -0.15) is 5.26 Å². The van der Waals surface area contributed by atoms with E-state index in [1.54, 1.807) is 0 Å². The molecule has 0 aliphatic heterocycles. The molecule has 0 amide bonds. The standard InChI is InChI=1S/C9H7F2IN2O/c1-15-8-5(9(10)11)4-7(12)14-6(8)2-3-13/h4,9H,2H2,1H3. The summed E-state index contributed by atoms with van der Waals surface area (Å²) in [6, 6.07) is 3.12. The number of aromatic nitrogens is 1. The summed E-state index contributed by atoms with van der Waals surface area (Å²) in [7, 11) is 1.29. The van der Waals surface area contributed by atoms with Crippen LogP contribution in [-0.4, -0.2) is 12.1 Å². The molecule has 1 rings (SSSR count). The maximum atomic E-state index is 12.6. The number of nitrogens with zero attached hydrogens (tertiary/aromatic N) is 2. The van der Waals surface area contributed by atoms with E-state index in [4.69, 9.17) is 10.00 Å². The van der Waals surface area contributed by atoms with Crippen molar-refractivity contribution < 1.29 is 13.5 Å². The SMILES string of the molecule is COc1c(C(F)F)cc(I)nc1CC#N. The molecule has 0 saturated heterocycles. The molecule has 0 aromatic carbocycles. The van der Waals surface area contributed by atoms with Crippen molar-refractivity contribution >= 4 is 22.6 Å². The lowest BCUT2D eigenvalue weighted by atomic mass is 10.2. The van der Waals surface area contributed by atoms with Gasteiger partial charge >= 0.3 is 0 Å². The van der Waals surface area contributed by atoms with Crippen molar-refractivity contribution in [3.8, 4) is 11.8 Å². The summed E-state index contributed by atoms with van der Waals surface area (Å²) in [5, 5.41) is 8.52. The Bertz CT molecular complexity index is 404. The molecular weight excluding hydrogens is 317 g/mol. The Hall–Kier alpha value is -0.970. The molecule has 15 heavy (non-hydrogen) atoms. The second-order valence-electron chi connectivity index (χ2n) is 2.65. The molecule has 0 saturated carbocycles. The minimum absolute atomic E-state index is 0.00645. The highest BCUT2D eigenvalue weighted by Gasteiger charge is 2.19. The number of hydrogen-bond acceptors (Lipinski definition) is 3. The van der Waals surface area contributed by atoms with E-state index in [0.717, 1.165) is 0 Å². The molecule has 1 aromatic heterocycles. The number of hydrogen-bond donors (Lipinski definition) is 0. The highest BCUT2D eigenvalue weighted by molar-refractivity contribution is 14.1. The van der Waals surface area contributed by atoms with Crippen LogP contribution in [-0.2, 0) is 6.42 Å². The summed E-state index contributed by atoms with van der Waals surface area (Å²) in [5.41, 5.74) is 0.0318. The fourth-order valence-electron chi connectivity index (χ4n) is 1.16. The lowest BCUT2D eigenvalue weighted by Crippen LogP contribution is -2.02. The van der Waals surface area contributed by atoms with Gasteiger partial charge in [-0.25, -0.2) is 13.8 Å². The van der Waals surface area contributed by atoms with Crippen LogP contribution in [0.25, 0.3) is 0 Å². The first-order chi connectivity index (χ1) is 7.10. The van der Waals surface area contributed by atoms with Crippen LogP contribution in [0.3, 0.4) is 0 Å². The van der Waals surface area contributed by atoms with E-state index in [2.05, 4.69) is 4.98 Å². The second kappa shape index (κ2) is 5.21. The van der Waals surface area contributed by atoms with Gasteiger partial charge in [0.05, 0.1) is 30.9 Å². The van der Waals surface area contributed by atoms with Crippen molar-refractivity contribution in [3.63, 3.8) is 0 Å². The zero-order chi connectivity index (χ0) is 11.4. The Balaban J connectivity index is 3.33. The van der Waals surface area contributed by atoms with Gasteiger partial charge in [-0.1, -0.05) is 0 Å². The van der Waals surface area contributed by atoms with E-state index in [1.807, 2.05) is 28.7 Å². The van der Waals surface area contributed by atoms with Crippen molar-refractivity contribution in [2.45, 2.75) is 12.8 Å². The third-order valence-corrected chi connectivity index (χ3v) is 2.28. The lowest BCUT2D eigenvalue weighted by Gasteiger charge is -2.11. The summed E-state index contributed by atoms with van der Waals surface area (Å²) < 4.78 is 30.5. The van der Waals surface area contributed by atoms with Crippen LogP contribution in [0.4, 0.5) is 8.78 Å². The van der Waals surface area contributed by atoms with Crippen LogP contribution < -0.4 is 4.74 Å². The molecular formula is C9H7F2IN2O. The minimum atomic E-state index is -2.63. The molecule has 3 nitrogen and oxygen atoms in total. The Morgan fingerprint density at radius 2 is 2.33 bits per heavy atom. The van der Waals surface area contributed by atoms with Crippen LogP contribution in [0.15, 0.2) is 6.07 Å². The van der Waals surface area contributed by atoms with Gasteiger partial charge in [0.1, 0.15) is 9.45 Å². The normalized spacial score (nSPS) is 10.1. The van der Waals surface area contributed by atoms with Crippen LogP contribution in [0.5, 0.6) is 5.75 Å². The summed E-state index contributed by atoms with van der Waals surface area (Å²) in [6.45, 7) is 0. The van der Waals surface area contributed by atoms with Gasteiger partial charge in [-0.15, -0.1) is 0 Å². The van der Waals surface area contributed by atoms with Crippen LogP contribution in [0, 0.1) is 15.0 Å². The van der Waals surface area contributed by atoms with Gasteiger partial charge in [0, 0.05) is 0 Å². The van der Waals surface area contributed by atoms with Crippen molar-refractivity contribution in [1.29, 1.82) is 5.26 Å². The predicted octanol–water partition coefficient (Wildman–Crippen LogP) is 2.70. The highest BCUT2D eigenvalue weighted by Crippen LogP contribution is 2.32. The first-order valence-corrected chi connectivity index (χ1v) is 5.06. The number of methoxy groups -OCH3 is 1. The number of rotatable bonds is 3. The second-order valence-corrected chi connectivity index (χ2v) is 3.75. The van der Waals surface area contributed by atoms with Crippen LogP contribution in [0.2, 0.25) is 0 Å². The number of nitriles is 1. The van der Waals surface area contributed by atoms with Crippen molar-refractivity contribution in [3.05, 3.63) is 21.0 Å². The van der Waals surface area contributed by atoms with Gasteiger partial charge in [-0.3, -0.25) is 0 Å². The van der Waals surface area contributed by atoms with Gasteiger partial charge in [0.15, 0.2) is 0 Å². The van der Waals surface area contributed by atoms with E-state index < -0.39 is 6.43 Å². The predicted molar refractivity (Wildman–Crippen MR) is 57.8 cm³/mol. The third-order valence-electron chi connectivity index (χ3n) is 1.73.